The minimum absolute atomic E-state index is 0.0435. The molecule has 0 radical (unpaired) electrons. The summed E-state index contributed by atoms with van der Waals surface area (Å²) in [5.41, 5.74) is 0.677. The maximum Gasteiger partial charge on any atom is 0.410 e. The van der Waals surface area contributed by atoms with Crippen LogP contribution in [0.3, 0.4) is 0 Å². The third-order valence-corrected chi connectivity index (χ3v) is 5.11. The third-order valence-electron chi connectivity index (χ3n) is 5.11. The zero-order valence-electron chi connectivity index (χ0n) is 16.6. The molecule has 2 aliphatic heterocycles. The molecule has 0 aliphatic carbocycles. The zero-order valence-corrected chi connectivity index (χ0v) is 16.6. The fourth-order valence-corrected chi connectivity index (χ4v) is 3.75. The van der Waals surface area contributed by atoms with Crippen molar-refractivity contribution < 1.29 is 9.53 Å². The number of likely N-dealkylation sites (N-methyl/N-ethyl adjacent to an activating group) is 1. The van der Waals surface area contributed by atoms with Gasteiger partial charge in [0.05, 0.1) is 6.04 Å². The SMILES string of the molecule is CN1CCN(c2ncccc2[C@H]2CCCCN2C(=O)OC(C)(C)C)CC1. The lowest BCUT2D eigenvalue weighted by Gasteiger charge is -2.40. The predicted molar refractivity (Wildman–Crippen MR) is 103 cm³/mol. The van der Waals surface area contributed by atoms with Crippen LogP contribution in [0.15, 0.2) is 18.3 Å². The van der Waals surface area contributed by atoms with Crippen LogP contribution in [0.2, 0.25) is 0 Å². The number of rotatable bonds is 2. The van der Waals surface area contributed by atoms with Crippen molar-refractivity contribution >= 4 is 11.9 Å². The van der Waals surface area contributed by atoms with Gasteiger partial charge in [-0.05, 0) is 53.1 Å². The van der Waals surface area contributed by atoms with Gasteiger partial charge in [-0.1, -0.05) is 6.07 Å². The maximum absolute atomic E-state index is 12.8. The predicted octanol–water partition coefficient (Wildman–Crippen LogP) is 3.30. The molecule has 0 saturated carbocycles. The van der Waals surface area contributed by atoms with Crippen LogP contribution in [0.1, 0.15) is 51.6 Å². The second kappa shape index (κ2) is 7.82. The van der Waals surface area contributed by atoms with E-state index in [4.69, 9.17) is 9.72 Å². The van der Waals surface area contributed by atoms with Gasteiger partial charge in [-0.15, -0.1) is 0 Å². The van der Waals surface area contributed by atoms with Crippen LogP contribution in [0.5, 0.6) is 0 Å². The first-order valence-electron chi connectivity index (χ1n) is 9.73. The van der Waals surface area contributed by atoms with Gasteiger partial charge >= 0.3 is 6.09 Å². The molecular weight excluding hydrogens is 328 g/mol. The normalized spacial score (nSPS) is 22.4. The molecule has 1 atom stereocenters. The van der Waals surface area contributed by atoms with Gasteiger partial charge in [0.15, 0.2) is 0 Å². The van der Waals surface area contributed by atoms with Crippen molar-refractivity contribution in [2.24, 2.45) is 0 Å². The van der Waals surface area contributed by atoms with Gasteiger partial charge in [-0.2, -0.15) is 0 Å². The molecule has 0 aromatic carbocycles. The number of pyridine rings is 1. The number of hydrogen-bond acceptors (Lipinski definition) is 5. The number of aromatic nitrogens is 1. The van der Waals surface area contributed by atoms with Crippen LogP contribution in [0, 0.1) is 0 Å². The second-order valence-corrected chi connectivity index (χ2v) is 8.39. The Morgan fingerprint density at radius 2 is 1.88 bits per heavy atom. The smallest absolute Gasteiger partial charge is 0.410 e. The Hall–Kier alpha value is -1.82. The number of amides is 1. The number of likely N-dealkylation sites (tertiary alicyclic amines) is 1. The number of piperidine rings is 1. The van der Waals surface area contributed by atoms with E-state index in [-0.39, 0.29) is 12.1 Å². The molecule has 6 nitrogen and oxygen atoms in total. The van der Waals surface area contributed by atoms with Gasteiger partial charge in [-0.3, -0.25) is 0 Å². The lowest BCUT2D eigenvalue weighted by Crippen LogP contribution is -2.46. The highest BCUT2D eigenvalue weighted by molar-refractivity contribution is 5.69. The molecule has 3 rings (SSSR count). The molecule has 1 amide bonds. The second-order valence-electron chi connectivity index (χ2n) is 8.39. The summed E-state index contributed by atoms with van der Waals surface area (Å²) in [6.45, 7) is 10.5. The zero-order chi connectivity index (χ0) is 18.7. The van der Waals surface area contributed by atoms with E-state index in [0.717, 1.165) is 63.4 Å². The molecule has 0 N–H and O–H groups in total. The van der Waals surface area contributed by atoms with Crippen LogP contribution in [0.4, 0.5) is 10.6 Å². The van der Waals surface area contributed by atoms with Crippen molar-refractivity contribution in [2.45, 2.75) is 51.7 Å². The van der Waals surface area contributed by atoms with E-state index >= 15 is 0 Å². The molecule has 144 valence electrons. The number of ether oxygens (including phenoxy) is 1. The highest BCUT2D eigenvalue weighted by Gasteiger charge is 2.34. The van der Waals surface area contributed by atoms with E-state index < -0.39 is 5.60 Å². The number of carbonyl (C=O) groups is 1. The average Bonchev–Trinajstić information content (AvgIpc) is 2.61. The monoisotopic (exact) mass is 360 g/mol. The van der Waals surface area contributed by atoms with Crippen LogP contribution >= 0.6 is 0 Å². The topological polar surface area (TPSA) is 48.9 Å². The molecule has 6 heteroatoms. The first-order chi connectivity index (χ1) is 12.3. The highest BCUT2D eigenvalue weighted by Crippen LogP contribution is 2.36. The van der Waals surface area contributed by atoms with Gasteiger partial charge in [0, 0.05) is 44.5 Å². The minimum Gasteiger partial charge on any atom is -0.444 e. The molecule has 26 heavy (non-hydrogen) atoms. The van der Waals surface area contributed by atoms with Crippen LogP contribution in [-0.2, 0) is 4.74 Å². The summed E-state index contributed by atoms with van der Waals surface area (Å²) in [6.07, 6.45) is 4.76. The van der Waals surface area contributed by atoms with Crippen molar-refractivity contribution in [3.63, 3.8) is 0 Å². The van der Waals surface area contributed by atoms with E-state index in [0.29, 0.717) is 0 Å². The van der Waals surface area contributed by atoms with E-state index in [1.165, 1.54) is 0 Å². The third kappa shape index (κ3) is 4.47. The molecule has 2 saturated heterocycles. The van der Waals surface area contributed by atoms with E-state index in [2.05, 4.69) is 22.9 Å². The molecule has 0 bridgehead atoms. The molecule has 1 aromatic rings. The summed E-state index contributed by atoms with van der Waals surface area (Å²) < 4.78 is 5.67. The Bertz CT molecular complexity index is 620. The fourth-order valence-electron chi connectivity index (χ4n) is 3.75. The maximum atomic E-state index is 12.8. The van der Waals surface area contributed by atoms with Crippen molar-refractivity contribution in [1.29, 1.82) is 0 Å². The van der Waals surface area contributed by atoms with Crippen LogP contribution < -0.4 is 4.90 Å². The van der Waals surface area contributed by atoms with Crippen molar-refractivity contribution in [3.05, 3.63) is 23.9 Å². The summed E-state index contributed by atoms with van der Waals surface area (Å²) in [5, 5.41) is 0. The first-order valence-corrected chi connectivity index (χ1v) is 9.73. The summed E-state index contributed by atoms with van der Waals surface area (Å²) >= 11 is 0. The summed E-state index contributed by atoms with van der Waals surface area (Å²) in [7, 11) is 2.15. The Labute approximate surface area is 157 Å². The molecular formula is C20H32N4O2. The van der Waals surface area contributed by atoms with E-state index in [1.54, 1.807) is 0 Å². The molecule has 0 unspecified atom stereocenters. The summed E-state index contributed by atoms with van der Waals surface area (Å²) in [5.74, 6) is 1.03. The molecule has 2 fully saturated rings. The lowest BCUT2D eigenvalue weighted by atomic mass is 9.95. The number of carbonyl (C=O) groups excluding carboxylic acids is 1. The molecule has 2 aliphatic rings. The quantitative estimate of drug-likeness (QED) is 0.810. The first kappa shape index (κ1) is 19.0. The Morgan fingerprint density at radius 3 is 2.58 bits per heavy atom. The largest absolute Gasteiger partial charge is 0.444 e. The molecule has 3 heterocycles. The Kier molecular flexibility index (Phi) is 5.70. The van der Waals surface area contributed by atoms with E-state index in [9.17, 15) is 4.79 Å². The van der Waals surface area contributed by atoms with Crippen LogP contribution in [0.25, 0.3) is 0 Å². The number of anilines is 1. The van der Waals surface area contributed by atoms with Crippen molar-refractivity contribution in [2.75, 3.05) is 44.7 Å². The van der Waals surface area contributed by atoms with E-state index in [1.807, 2.05) is 37.9 Å². The highest BCUT2D eigenvalue weighted by atomic mass is 16.6. The lowest BCUT2D eigenvalue weighted by molar-refractivity contribution is 0.00953. The number of piperazine rings is 1. The van der Waals surface area contributed by atoms with Gasteiger partial charge in [0.1, 0.15) is 11.4 Å². The number of nitrogens with zero attached hydrogens (tertiary/aromatic N) is 4. The number of hydrogen-bond donors (Lipinski definition) is 0. The van der Waals surface area contributed by atoms with Gasteiger partial charge < -0.3 is 19.4 Å². The fraction of sp³-hybridized carbons (Fsp3) is 0.700. The van der Waals surface area contributed by atoms with Crippen molar-refractivity contribution in [1.82, 2.24) is 14.8 Å². The summed E-state index contributed by atoms with van der Waals surface area (Å²) in [6, 6.07) is 4.16. The van der Waals surface area contributed by atoms with Gasteiger partial charge in [0.2, 0.25) is 0 Å². The van der Waals surface area contributed by atoms with Gasteiger partial charge in [-0.25, -0.2) is 9.78 Å². The van der Waals surface area contributed by atoms with Crippen molar-refractivity contribution in [3.8, 4) is 0 Å². The Morgan fingerprint density at radius 1 is 1.15 bits per heavy atom. The van der Waals surface area contributed by atoms with Crippen LogP contribution in [-0.4, -0.2) is 66.2 Å². The standard InChI is InChI=1S/C20H32N4O2/c1-20(2,3)26-19(25)24-11-6-5-9-17(24)16-8-7-10-21-18(16)23-14-12-22(4)13-15-23/h7-8,10,17H,5-6,9,11-15H2,1-4H3/t17-/m1/s1. The average molecular weight is 361 g/mol. The molecule has 0 spiro atoms. The molecule has 1 aromatic heterocycles. The minimum atomic E-state index is -0.478. The summed E-state index contributed by atoms with van der Waals surface area (Å²) in [4.78, 5) is 24.1. The Balaban J connectivity index is 1.85. The van der Waals surface area contributed by atoms with Gasteiger partial charge in [0.25, 0.3) is 0 Å².